The van der Waals surface area contributed by atoms with Crippen LogP contribution in [0.5, 0.6) is 0 Å². The zero-order valence-electron chi connectivity index (χ0n) is 9.87. The fourth-order valence-electron chi connectivity index (χ4n) is 1.68. The molecule has 1 aromatic rings. The predicted octanol–water partition coefficient (Wildman–Crippen LogP) is 1.99. The fraction of sp³-hybridized carbons (Fsp3) is 0.600. The van der Waals surface area contributed by atoms with Gasteiger partial charge in [-0.25, -0.2) is 0 Å². The van der Waals surface area contributed by atoms with E-state index in [1.165, 1.54) is 0 Å². The molecule has 1 rings (SSSR count). The molecule has 1 unspecified atom stereocenters. The van der Waals surface area contributed by atoms with Crippen LogP contribution in [0.4, 0.5) is 0 Å². The van der Waals surface area contributed by atoms with E-state index in [-0.39, 0.29) is 0 Å². The van der Waals surface area contributed by atoms with Gasteiger partial charge in [-0.2, -0.15) is 5.10 Å². The van der Waals surface area contributed by atoms with Crippen LogP contribution >= 0.6 is 0 Å². The van der Waals surface area contributed by atoms with Crippen molar-refractivity contribution in [3.63, 3.8) is 0 Å². The van der Waals surface area contributed by atoms with Crippen LogP contribution in [0.25, 0.3) is 10.4 Å². The Bertz CT molecular complexity index is 448. The lowest BCUT2D eigenvalue weighted by Crippen LogP contribution is -2.13. The monoisotopic (exact) mass is 237 g/mol. The number of hydrogen-bond acceptors (Lipinski definition) is 3. The summed E-state index contributed by atoms with van der Waals surface area (Å²) in [7, 11) is 1.78. The van der Waals surface area contributed by atoms with Gasteiger partial charge >= 0.3 is 5.97 Å². The maximum atomic E-state index is 11.2. The van der Waals surface area contributed by atoms with Gasteiger partial charge in [0, 0.05) is 29.8 Å². The van der Waals surface area contributed by atoms with E-state index < -0.39 is 11.9 Å². The molecule has 0 aliphatic heterocycles. The maximum absolute atomic E-state index is 11.2. The van der Waals surface area contributed by atoms with Crippen molar-refractivity contribution in [3.05, 3.63) is 27.9 Å². The minimum absolute atomic E-state index is 0.319. The number of azide groups is 1. The molecule has 0 saturated carbocycles. The van der Waals surface area contributed by atoms with Crippen LogP contribution in [0.3, 0.4) is 0 Å². The first-order valence-corrected chi connectivity index (χ1v) is 5.30. The molecule has 0 aliphatic carbocycles. The van der Waals surface area contributed by atoms with E-state index in [9.17, 15) is 9.90 Å². The number of carboxylic acid groups (broad SMARTS) is 1. The SMILES string of the molecule is Cc1c(C(CCCN=[N+]=[N-])C(=O)O)cnn1C. The van der Waals surface area contributed by atoms with Crippen molar-refractivity contribution in [3.8, 4) is 0 Å². The van der Waals surface area contributed by atoms with Crippen LogP contribution in [-0.4, -0.2) is 27.4 Å². The van der Waals surface area contributed by atoms with E-state index >= 15 is 0 Å². The molecule has 0 aliphatic rings. The lowest BCUT2D eigenvalue weighted by molar-refractivity contribution is -0.139. The van der Waals surface area contributed by atoms with Crippen molar-refractivity contribution in [2.45, 2.75) is 25.7 Å². The van der Waals surface area contributed by atoms with Gasteiger partial charge in [0.1, 0.15) is 0 Å². The lowest BCUT2D eigenvalue weighted by Gasteiger charge is -2.11. The number of rotatable bonds is 6. The Morgan fingerprint density at radius 1 is 1.76 bits per heavy atom. The lowest BCUT2D eigenvalue weighted by atomic mass is 9.95. The number of hydrogen-bond donors (Lipinski definition) is 1. The van der Waals surface area contributed by atoms with Gasteiger partial charge in [0.25, 0.3) is 0 Å². The fourth-order valence-corrected chi connectivity index (χ4v) is 1.68. The van der Waals surface area contributed by atoms with Crippen LogP contribution in [0.1, 0.15) is 30.0 Å². The minimum atomic E-state index is -0.873. The molecule has 7 heteroatoms. The van der Waals surface area contributed by atoms with Crippen molar-refractivity contribution >= 4 is 5.97 Å². The average molecular weight is 237 g/mol. The normalized spacial score (nSPS) is 11.9. The second-order valence-corrected chi connectivity index (χ2v) is 3.80. The number of carbonyl (C=O) groups is 1. The molecule has 0 amide bonds. The van der Waals surface area contributed by atoms with Crippen molar-refractivity contribution in [2.24, 2.45) is 12.2 Å². The molecule has 1 N–H and O–H groups in total. The summed E-state index contributed by atoms with van der Waals surface area (Å²) in [5.74, 6) is -1.46. The summed E-state index contributed by atoms with van der Waals surface area (Å²) in [6, 6.07) is 0. The van der Waals surface area contributed by atoms with Crippen LogP contribution in [0.2, 0.25) is 0 Å². The van der Waals surface area contributed by atoms with Crippen LogP contribution in [0, 0.1) is 6.92 Å². The standard InChI is InChI=1S/C10H15N5O2/c1-7-9(6-13-15(7)2)8(10(16)17)4-3-5-12-14-11/h6,8H,3-5H2,1-2H3,(H,16,17). The van der Waals surface area contributed by atoms with E-state index in [1.807, 2.05) is 6.92 Å². The van der Waals surface area contributed by atoms with Crippen molar-refractivity contribution in [2.75, 3.05) is 6.54 Å². The smallest absolute Gasteiger partial charge is 0.311 e. The molecule has 7 nitrogen and oxygen atoms in total. The Kier molecular flexibility index (Phi) is 4.54. The zero-order valence-corrected chi connectivity index (χ0v) is 9.87. The van der Waals surface area contributed by atoms with E-state index in [0.29, 0.717) is 19.4 Å². The van der Waals surface area contributed by atoms with E-state index in [0.717, 1.165) is 11.3 Å². The molecule has 0 spiro atoms. The molecular weight excluding hydrogens is 222 g/mol. The van der Waals surface area contributed by atoms with Crippen molar-refractivity contribution in [1.82, 2.24) is 9.78 Å². The molecule has 0 saturated heterocycles. The van der Waals surface area contributed by atoms with Gasteiger partial charge < -0.3 is 5.11 Å². The highest BCUT2D eigenvalue weighted by Gasteiger charge is 2.23. The van der Waals surface area contributed by atoms with Gasteiger partial charge in [-0.05, 0) is 25.3 Å². The van der Waals surface area contributed by atoms with Gasteiger partial charge in [-0.3, -0.25) is 9.48 Å². The van der Waals surface area contributed by atoms with E-state index in [4.69, 9.17) is 5.53 Å². The topological polar surface area (TPSA) is 104 Å². The third kappa shape index (κ3) is 3.22. The van der Waals surface area contributed by atoms with Crippen molar-refractivity contribution in [1.29, 1.82) is 0 Å². The molecule has 0 bridgehead atoms. The van der Waals surface area contributed by atoms with Crippen LogP contribution in [-0.2, 0) is 11.8 Å². The Balaban J connectivity index is 2.76. The summed E-state index contributed by atoms with van der Waals surface area (Å²) in [6.45, 7) is 2.16. The Morgan fingerprint density at radius 2 is 2.47 bits per heavy atom. The summed E-state index contributed by atoms with van der Waals surface area (Å²) in [5, 5.41) is 16.6. The quantitative estimate of drug-likeness (QED) is 0.354. The van der Waals surface area contributed by atoms with Gasteiger partial charge in [-0.15, -0.1) is 0 Å². The number of nitrogens with zero attached hydrogens (tertiary/aromatic N) is 5. The number of carboxylic acids is 1. The molecule has 1 aromatic heterocycles. The second-order valence-electron chi connectivity index (χ2n) is 3.80. The molecule has 1 atom stereocenters. The largest absolute Gasteiger partial charge is 0.481 e. The molecule has 17 heavy (non-hydrogen) atoms. The molecule has 1 heterocycles. The Hall–Kier alpha value is -2.01. The predicted molar refractivity (Wildman–Crippen MR) is 61.6 cm³/mol. The Morgan fingerprint density at radius 3 is 2.94 bits per heavy atom. The minimum Gasteiger partial charge on any atom is -0.481 e. The number of aliphatic carboxylic acids is 1. The zero-order chi connectivity index (χ0) is 12.8. The molecule has 0 radical (unpaired) electrons. The van der Waals surface area contributed by atoms with E-state index in [1.54, 1.807) is 17.9 Å². The number of aromatic nitrogens is 2. The first-order chi connectivity index (χ1) is 8.07. The maximum Gasteiger partial charge on any atom is 0.311 e. The van der Waals surface area contributed by atoms with Gasteiger partial charge in [0.2, 0.25) is 0 Å². The first kappa shape index (κ1) is 13.1. The van der Waals surface area contributed by atoms with Gasteiger partial charge in [0.05, 0.1) is 12.1 Å². The summed E-state index contributed by atoms with van der Waals surface area (Å²) in [5.41, 5.74) is 9.71. The highest BCUT2D eigenvalue weighted by Crippen LogP contribution is 2.24. The third-order valence-corrected chi connectivity index (χ3v) is 2.76. The van der Waals surface area contributed by atoms with Crippen molar-refractivity contribution < 1.29 is 9.90 Å². The summed E-state index contributed by atoms with van der Waals surface area (Å²) in [6.07, 6.45) is 2.58. The highest BCUT2D eigenvalue weighted by molar-refractivity contribution is 5.76. The van der Waals surface area contributed by atoms with Crippen LogP contribution in [0.15, 0.2) is 11.3 Å². The van der Waals surface area contributed by atoms with Gasteiger partial charge in [0.15, 0.2) is 0 Å². The van der Waals surface area contributed by atoms with Crippen LogP contribution < -0.4 is 0 Å². The second kappa shape index (κ2) is 5.91. The summed E-state index contributed by atoms with van der Waals surface area (Å²) < 4.78 is 1.65. The molecule has 0 aromatic carbocycles. The van der Waals surface area contributed by atoms with Gasteiger partial charge in [-0.1, -0.05) is 5.11 Å². The molecule has 92 valence electrons. The third-order valence-electron chi connectivity index (χ3n) is 2.76. The summed E-state index contributed by atoms with van der Waals surface area (Å²) >= 11 is 0. The molecule has 0 fully saturated rings. The molecular formula is C10H15N5O2. The Labute approximate surface area is 98.7 Å². The first-order valence-electron chi connectivity index (χ1n) is 5.30. The number of aryl methyl sites for hydroxylation is 1. The highest BCUT2D eigenvalue weighted by atomic mass is 16.4. The average Bonchev–Trinajstić information content (AvgIpc) is 2.60. The van der Waals surface area contributed by atoms with E-state index in [2.05, 4.69) is 15.1 Å². The summed E-state index contributed by atoms with van der Waals surface area (Å²) in [4.78, 5) is 13.8.